The minimum atomic E-state index is -0.331. The third-order valence-electron chi connectivity index (χ3n) is 1.36. The molecule has 0 aromatic carbocycles. The summed E-state index contributed by atoms with van der Waals surface area (Å²) in [6.45, 7) is 2.13. The molecule has 0 saturated carbocycles. The number of esters is 1. The van der Waals surface area contributed by atoms with Gasteiger partial charge < -0.3 is 4.74 Å². The lowest BCUT2D eigenvalue weighted by Crippen LogP contribution is -1.92. The average Bonchev–Trinajstić information content (AvgIpc) is 2.16. The van der Waals surface area contributed by atoms with Crippen LogP contribution in [-0.2, 0) is 9.53 Å². The summed E-state index contributed by atoms with van der Waals surface area (Å²) in [4.78, 5) is 10.6. The summed E-state index contributed by atoms with van der Waals surface area (Å²) in [5, 5.41) is 0. The Kier molecular flexibility index (Phi) is 7.90. The number of carbonyl (C=O) groups is 1. The number of ether oxygens (including phenoxy) is 1. The van der Waals surface area contributed by atoms with E-state index in [9.17, 15) is 4.79 Å². The zero-order valence-corrected chi connectivity index (χ0v) is 8.19. The van der Waals surface area contributed by atoms with E-state index in [1.54, 1.807) is 12.2 Å². The lowest BCUT2D eigenvalue weighted by Gasteiger charge is -1.85. The van der Waals surface area contributed by atoms with Gasteiger partial charge in [-0.25, -0.2) is 4.79 Å². The summed E-state index contributed by atoms with van der Waals surface area (Å²) in [5.41, 5.74) is 0. The van der Waals surface area contributed by atoms with E-state index in [1.807, 2.05) is 12.2 Å². The fraction of sp³-hybridized carbons (Fsp3) is 0.364. The average molecular weight is 180 g/mol. The van der Waals surface area contributed by atoms with Crippen molar-refractivity contribution in [3.05, 3.63) is 36.5 Å². The highest BCUT2D eigenvalue weighted by molar-refractivity contribution is 5.82. The van der Waals surface area contributed by atoms with Crippen molar-refractivity contribution in [3.8, 4) is 0 Å². The Morgan fingerprint density at radius 1 is 1.23 bits per heavy atom. The van der Waals surface area contributed by atoms with Gasteiger partial charge in [0, 0.05) is 6.08 Å². The third kappa shape index (κ3) is 8.60. The summed E-state index contributed by atoms with van der Waals surface area (Å²) in [5.74, 6) is -0.331. The van der Waals surface area contributed by atoms with Crippen molar-refractivity contribution in [1.82, 2.24) is 0 Å². The minimum Gasteiger partial charge on any atom is -0.466 e. The smallest absolute Gasteiger partial charge is 0.330 e. The Balaban J connectivity index is 3.62. The fourth-order valence-electron chi connectivity index (χ4n) is 0.672. The molecular weight excluding hydrogens is 164 g/mol. The molecule has 0 aliphatic heterocycles. The van der Waals surface area contributed by atoms with Gasteiger partial charge in [0.2, 0.25) is 0 Å². The first kappa shape index (κ1) is 11.7. The number of methoxy groups -OCH3 is 1. The zero-order valence-electron chi connectivity index (χ0n) is 8.19. The number of rotatable bonds is 5. The number of carbonyl (C=O) groups excluding carboxylic acids is 1. The van der Waals surface area contributed by atoms with Gasteiger partial charge in [-0.3, -0.25) is 0 Å². The maximum absolute atomic E-state index is 10.6. The van der Waals surface area contributed by atoms with Crippen LogP contribution in [0, 0.1) is 0 Å². The van der Waals surface area contributed by atoms with Crippen molar-refractivity contribution >= 4 is 5.97 Å². The second-order valence-corrected chi connectivity index (χ2v) is 2.48. The van der Waals surface area contributed by atoms with Crippen molar-refractivity contribution < 1.29 is 9.53 Å². The monoisotopic (exact) mass is 180 g/mol. The van der Waals surface area contributed by atoms with Crippen LogP contribution in [0.2, 0.25) is 0 Å². The molecule has 0 heterocycles. The minimum absolute atomic E-state index is 0.331. The topological polar surface area (TPSA) is 26.3 Å². The molecule has 0 unspecified atom stereocenters. The predicted octanol–water partition coefficient (Wildman–Crippen LogP) is 2.63. The Bertz CT molecular complexity index is 212. The Morgan fingerprint density at radius 3 is 2.54 bits per heavy atom. The van der Waals surface area contributed by atoms with E-state index < -0.39 is 0 Å². The lowest BCUT2D eigenvalue weighted by molar-refractivity contribution is -0.134. The summed E-state index contributed by atoms with van der Waals surface area (Å²) in [7, 11) is 1.36. The molecule has 0 aromatic heterocycles. The molecule has 0 rings (SSSR count). The highest BCUT2D eigenvalue weighted by atomic mass is 16.5. The van der Waals surface area contributed by atoms with Gasteiger partial charge in [0.1, 0.15) is 0 Å². The quantitative estimate of drug-likeness (QED) is 0.369. The highest BCUT2D eigenvalue weighted by Gasteiger charge is 1.85. The number of unbranched alkanes of at least 4 members (excludes halogenated alkanes) is 1. The van der Waals surface area contributed by atoms with Crippen molar-refractivity contribution in [2.24, 2.45) is 0 Å². The van der Waals surface area contributed by atoms with Gasteiger partial charge in [-0.2, -0.15) is 0 Å². The van der Waals surface area contributed by atoms with Crippen LogP contribution in [0.3, 0.4) is 0 Å². The third-order valence-corrected chi connectivity index (χ3v) is 1.36. The molecule has 0 radical (unpaired) electrons. The summed E-state index contributed by atoms with van der Waals surface area (Å²) < 4.78 is 4.42. The summed E-state index contributed by atoms with van der Waals surface area (Å²) >= 11 is 0. The van der Waals surface area contributed by atoms with Crippen LogP contribution in [0.25, 0.3) is 0 Å². The van der Waals surface area contributed by atoms with Crippen LogP contribution in [-0.4, -0.2) is 13.1 Å². The van der Waals surface area contributed by atoms with Crippen LogP contribution in [0.15, 0.2) is 36.5 Å². The van der Waals surface area contributed by atoms with Gasteiger partial charge >= 0.3 is 5.97 Å². The molecule has 2 nitrogen and oxygen atoms in total. The van der Waals surface area contributed by atoms with E-state index in [1.165, 1.54) is 13.2 Å². The van der Waals surface area contributed by atoms with E-state index in [0.29, 0.717) is 0 Å². The maximum atomic E-state index is 10.6. The SMILES string of the molecule is CCC\C=C/C=C\C=C/C(=O)OC. The van der Waals surface area contributed by atoms with Crippen LogP contribution < -0.4 is 0 Å². The molecule has 0 amide bonds. The van der Waals surface area contributed by atoms with E-state index in [4.69, 9.17) is 0 Å². The summed E-state index contributed by atoms with van der Waals surface area (Å²) in [6, 6.07) is 0. The van der Waals surface area contributed by atoms with E-state index in [2.05, 4.69) is 17.7 Å². The van der Waals surface area contributed by atoms with E-state index >= 15 is 0 Å². The lowest BCUT2D eigenvalue weighted by atomic mass is 10.3. The summed E-state index contributed by atoms with van der Waals surface area (Å²) in [6.07, 6.45) is 13.0. The van der Waals surface area contributed by atoms with Crippen molar-refractivity contribution in [2.75, 3.05) is 7.11 Å². The molecule has 0 fully saturated rings. The van der Waals surface area contributed by atoms with E-state index in [0.717, 1.165) is 12.8 Å². The van der Waals surface area contributed by atoms with Crippen LogP contribution in [0.1, 0.15) is 19.8 Å². The van der Waals surface area contributed by atoms with Gasteiger partial charge in [0.25, 0.3) is 0 Å². The Hall–Kier alpha value is -1.31. The normalized spacial score (nSPS) is 11.8. The zero-order chi connectivity index (χ0) is 9.94. The molecule has 0 aliphatic rings. The molecule has 0 aromatic rings. The maximum Gasteiger partial charge on any atom is 0.330 e. The van der Waals surface area contributed by atoms with Crippen molar-refractivity contribution in [1.29, 1.82) is 0 Å². The molecule has 2 heteroatoms. The molecule has 0 spiro atoms. The van der Waals surface area contributed by atoms with Crippen LogP contribution in [0.5, 0.6) is 0 Å². The number of hydrogen-bond donors (Lipinski definition) is 0. The second kappa shape index (κ2) is 8.78. The second-order valence-electron chi connectivity index (χ2n) is 2.48. The van der Waals surface area contributed by atoms with E-state index in [-0.39, 0.29) is 5.97 Å². The number of hydrogen-bond acceptors (Lipinski definition) is 2. The first-order valence-electron chi connectivity index (χ1n) is 4.39. The van der Waals surface area contributed by atoms with Crippen molar-refractivity contribution in [3.63, 3.8) is 0 Å². The standard InChI is InChI=1S/C11H16O2/c1-3-4-5-6-7-8-9-10-11(12)13-2/h5-10H,3-4H2,1-2H3/b6-5-,8-7-,10-9-. The molecule has 0 aliphatic carbocycles. The van der Waals surface area contributed by atoms with Crippen LogP contribution in [0.4, 0.5) is 0 Å². The van der Waals surface area contributed by atoms with Gasteiger partial charge in [0.05, 0.1) is 7.11 Å². The fourth-order valence-corrected chi connectivity index (χ4v) is 0.672. The molecule has 0 bridgehead atoms. The van der Waals surface area contributed by atoms with Gasteiger partial charge in [0.15, 0.2) is 0 Å². The van der Waals surface area contributed by atoms with Gasteiger partial charge in [-0.1, -0.05) is 43.7 Å². The molecule has 0 atom stereocenters. The van der Waals surface area contributed by atoms with Gasteiger partial charge in [-0.15, -0.1) is 0 Å². The first-order valence-corrected chi connectivity index (χ1v) is 4.39. The largest absolute Gasteiger partial charge is 0.466 e. The van der Waals surface area contributed by atoms with Crippen molar-refractivity contribution in [2.45, 2.75) is 19.8 Å². The Labute approximate surface area is 79.6 Å². The first-order chi connectivity index (χ1) is 6.31. The predicted molar refractivity (Wildman–Crippen MR) is 54.3 cm³/mol. The molecule has 0 saturated heterocycles. The highest BCUT2D eigenvalue weighted by Crippen LogP contribution is 1.89. The Morgan fingerprint density at radius 2 is 1.92 bits per heavy atom. The van der Waals surface area contributed by atoms with Crippen LogP contribution >= 0.6 is 0 Å². The molecule has 13 heavy (non-hydrogen) atoms. The molecular formula is C11H16O2. The molecule has 0 N–H and O–H groups in total. The van der Waals surface area contributed by atoms with Gasteiger partial charge in [-0.05, 0) is 6.42 Å². The number of allylic oxidation sites excluding steroid dienone is 5. The molecule has 72 valence electrons.